The van der Waals surface area contributed by atoms with Crippen LogP contribution in [-0.2, 0) is 22.5 Å². The predicted molar refractivity (Wildman–Crippen MR) is 58.3 cm³/mol. The second kappa shape index (κ2) is 6.31. The van der Waals surface area contributed by atoms with Crippen molar-refractivity contribution in [2.24, 2.45) is 0 Å². The first-order chi connectivity index (χ1) is 7.18. The van der Waals surface area contributed by atoms with Crippen molar-refractivity contribution in [3.8, 4) is 0 Å². The highest BCUT2D eigenvalue weighted by atomic mass is 32.2. The van der Waals surface area contributed by atoms with Gasteiger partial charge in [0.1, 0.15) is 0 Å². The monoisotopic (exact) mass is 227 g/mol. The van der Waals surface area contributed by atoms with Crippen LogP contribution in [0.2, 0.25) is 0 Å². The van der Waals surface area contributed by atoms with Crippen molar-refractivity contribution in [2.75, 3.05) is 0 Å². The maximum absolute atomic E-state index is 11.0. The van der Waals surface area contributed by atoms with Gasteiger partial charge in [-0.3, -0.25) is 14.1 Å². The fourth-order valence-corrected chi connectivity index (χ4v) is 1.54. The molecule has 4 nitrogen and oxygen atoms in total. The molecular weight excluding hydrogens is 214 g/mol. The van der Waals surface area contributed by atoms with E-state index in [0.717, 1.165) is 12.0 Å². The van der Waals surface area contributed by atoms with E-state index in [1.54, 1.807) is 0 Å². The van der Waals surface area contributed by atoms with E-state index >= 15 is 0 Å². The molecule has 1 aromatic rings. The summed E-state index contributed by atoms with van der Waals surface area (Å²) in [5.41, 5.74) is 1.16. The van der Waals surface area contributed by atoms with Crippen molar-refractivity contribution in [1.82, 2.24) is 4.72 Å². The van der Waals surface area contributed by atoms with Gasteiger partial charge in [-0.05, 0) is 18.4 Å². The van der Waals surface area contributed by atoms with Crippen LogP contribution in [0.5, 0.6) is 0 Å². The van der Waals surface area contributed by atoms with Crippen LogP contribution in [0, 0.1) is 0 Å². The molecule has 15 heavy (non-hydrogen) atoms. The number of rotatable bonds is 5. The van der Waals surface area contributed by atoms with E-state index in [1.165, 1.54) is 0 Å². The van der Waals surface area contributed by atoms with Crippen LogP contribution < -0.4 is 4.72 Å². The van der Waals surface area contributed by atoms with Gasteiger partial charge >= 0.3 is 0 Å². The van der Waals surface area contributed by atoms with E-state index in [9.17, 15) is 9.00 Å². The van der Waals surface area contributed by atoms with Crippen LogP contribution in [0.1, 0.15) is 18.4 Å². The molecule has 0 fully saturated rings. The lowest BCUT2D eigenvalue weighted by molar-refractivity contribution is -0.119. The minimum Gasteiger partial charge on any atom is -0.289 e. The van der Waals surface area contributed by atoms with E-state index < -0.39 is 17.2 Å². The highest BCUT2D eigenvalue weighted by Crippen LogP contribution is 2.04. The topological polar surface area (TPSA) is 66.4 Å². The quantitative estimate of drug-likeness (QED) is 0.744. The second-order valence-electron chi connectivity index (χ2n) is 3.11. The first-order valence-corrected chi connectivity index (χ1v) is 5.73. The average molecular weight is 227 g/mol. The Labute approximate surface area is 91.1 Å². The molecule has 0 saturated heterocycles. The van der Waals surface area contributed by atoms with Gasteiger partial charge in [0, 0.05) is 6.42 Å². The highest BCUT2D eigenvalue weighted by molar-refractivity contribution is 7.77. The van der Waals surface area contributed by atoms with Gasteiger partial charge in [0.25, 0.3) is 11.3 Å². The smallest absolute Gasteiger partial charge is 0.261 e. The number of hydrogen-bond donors (Lipinski definition) is 2. The molecule has 0 aliphatic rings. The van der Waals surface area contributed by atoms with Gasteiger partial charge in [-0.1, -0.05) is 30.3 Å². The molecule has 0 saturated carbocycles. The fraction of sp³-hybridized carbons (Fsp3) is 0.300. The lowest BCUT2D eigenvalue weighted by atomic mass is 10.1. The first-order valence-electron chi connectivity index (χ1n) is 4.63. The molecule has 0 aliphatic carbocycles. The number of benzene rings is 1. The van der Waals surface area contributed by atoms with Crippen LogP contribution in [0.15, 0.2) is 30.3 Å². The highest BCUT2D eigenvalue weighted by Gasteiger charge is 2.03. The minimum absolute atomic E-state index is 0.265. The van der Waals surface area contributed by atoms with Crippen molar-refractivity contribution in [3.63, 3.8) is 0 Å². The van der Waals surface area contributed by atoms with Gasteiger partial charge in [0.05, 0.1) is 0 Å². The molecule has 0 heterocycles. The van der Waals surface area contributed by atoms with Crippen molar-refractivity contribution >= 4 is 17.2 Å². The Morgan fingerprint density at radius 1 is 1.33 bits per heavy atom. The lowest BCUT2D eigenvalue weighted by Gasteiger charge is -2.01. The summed E-state index contributed by atoms with van der Waals surface area (Å²) in [4.78, 5) is 11.0. The number of aryl methyl sites for hydroxylation is 1. The Hall–Kier alpha value is -1.20. The molecule has 0 radical (unpaired) electrons. The Bertz CT molecular complexity index is 340. The predicted octanol–water partition coefficient (Wildman–Crippen LogP) is 1.26. The third-order valence-electron chi connectivity index (χ3n) is 1.91. The molecule has 0 spiro atoms. The zero-order valence-electron chi connectivity index (χ0n) is 8.18. The van der Waals surface area contributed by atoms with E-state index in [2.05, 4.69) is 0 Å². The molecule has 1 atom stereocenters. The Balaban J connectivity index is 2.22. The van der Waals surface area contributed by atoms with Gasteiger partial charge in [0.2, 0.25) is 5.91 Å². The fourth-order valence-electron chi connectivity index (χ4n) is 1.25. The van der Waals surface area contributed by atoms with Crippen molar-refractivity contribution < 1.29 is 13.6 Å². The average Bonchev–Trinajstić information content (AvgIpc) is 2.18. The molecule has 0 aromatic heterocycles. The van der Waals surface area contributed by atoms with Gasteiger partial charge in [-0.15, -0.1) is 0 Å². The van der Waals surface area contributed by atoms with Gasteiger partial charge in [0.15, 0.2) is 0 Å². The first kappa shape index (κ1) is 11.9. The summed E-state index contributed by atoms with van der Waals surface area (Å²) < 4.78 is 20.5. The molecule has 0 aliphatic heterocycles. The number of amides is 1. The molecule has 1 unspecified atom stereocenters. The van der Waals surface area contributed by atoms with Gasteiger partial charge in [-0.2, -0.15) is 0 Å². The third-order valence-corrected chi connectivity index (χ3v) is 2.32. The SMILES string of the molecule is O=C(CCCc1ccccc1)NS(=O)O. The maximum Gasteiger partial charge on any atom is 0.261 e. The zero-order valence-corrected chi connectivity index (χ0v) is 9.00. The molecule has 1 rings (SSSR count). The Kier molecular flexibility index (Phi) is 5.00. The van der Waals surface area contributed by atoms with Crippen molar-refractivity contribution in [1.29, 1.82) is 0 Å². The largest absolute Gasteiger partial charge is 0.289 e. The van der Waals surface area contributed by atoms with E-state index in [4.69, 9.17) is 4.55 Å². The number of carbonyl (C=O) groups is 1. The van der Waals surface area contributed by atoms with E-state index in [1.807, 2.05) is 35.1 Å². The van der Waals surface area contributed by atoms with Crippen LogP contribution in [-0.4, -0.2) is 14.7 Å². The van der Waals surface area contributed by atoms with Crippen molar-refractivity contribution in [3.05, 3.63) is 35.9 Å². The Morgan fingerprint density at radius 2 is 2.00 bits per heavy atom. The summed E-state index contributed by atoms with van der Waals surface area (Å²) in [5.74, 6) is -0.397. The molecule has 0 bridgehead atoms. The zero-order chi connectivity index (χ0) is 11.1. The summed E-state index contributed by atoms with van der Waals surface area (Å²) in [6.07, 6.45) is 1.74. The second-order valence-corrected chi connectivity index (χ2v) is 3.82. The van der Waals surface area contributed by atoms with Crippen LogP contribution in [0.25, 0.3) is 0 Å². The number of hydrogen-bond acceptors (Lipinski definition) is 2. The summed E-state index contributed by atoms with van der Waals surface area (Å²) in [6, 6.07) is 9.80. The molecular formula is C10H13NO3S. The van der Waals surface area contributed by atoms with E-state index in [-0.39, 0.29) is 6.42 Å². The van der Waals surface area contributed by atoms with Crippen LogP contribution in [0.3, 0.4) is 0 Å². The molecule has 1 amide bonds. The standard InChI is InChI=1S/C10H13NO3S/c12-10(11-15(13)14)8-4-7-9-5-2-1-3-6-9/h1-3,5-6H,4,7-8H2,(H,11,12)(H,13,14). The minimum atomic E-state index is -2.24. The summed E-state index contributed by atoms with van der Waals surface area (Å²) in [5, 5.41) is 0. The van der Waals surface area contributed by atoms with Crippen LogP contribution >= 0.6 is 0 Å². The van der Waals surface area contributed by atoms with Crippen LogP contribution in [0.4, 0.5) is 0 Å². The van der Waals surface area contributed by atoms with Gasteiger partial charge in [-0.25, -0.2) is 4.21 Å². The number of carbonyl (C=O) groups excluding carboxylic acids is 1. The van der Waals surface area contributed by atoms with E-state index in [0.29, 0.717) is 6.42 Å². The molecule has 1 aromatic carbocycles. The maximum atomic E-state index is 11.0. The Morgan fingerprint density at radius 3 is 2.60 bits per heavy atom. The number of nitrogens with one attached hydrogen (secondary N) is 1. The summed E-state index contributed by atoms with van der Waals surface area (Å²) >= 11 is -2.24. The molecule has 2 N–H and O–H groups in total. The third kappa shape index (κ3) is 5.29. The molecule has 5 heteroatoms. The van der Waals surface area contributed by atoms with Gasteiger partial charge < -0.3 is 0 Å². The summed E-state index contributed by atoms with van der Waals surface area (Å²) in [6.45, 7) is 0. The molecule has 82 valence electrons. The summed E-state index contributed by atoms with van der Waals surface area (Å²) in [7, 11) is 0. The van der Waals surface area contributed by atoms with Crippen molar-refractivity contribution in [2.45, 2.75) is 19.3 Å². The lowest BCUT2D eigenvalue weighted by Crippen LogP contribution is -2.24. The normalized spacial score (nSPS) is 12.1.